The van der Waals surface area contributed by atoms with E-state index < -0.39 is 0 Å². The third-order valence-electron chi connectivity index (χ3n) is 1.87. The molecule has 0 aliphatic heterocycles. The predicted molar refractivity (Wildman–Crippen MR) is 51.0 cm³/mol. The van der Waals surface area contributed by atoms with E-state index in [1.165, 1.54) is 25.7 Å². The molecule has 0 aliphatic carbocycles. The highest BCUT2D eigenvalue weighted by Crippen LogP contribution is 2.11. The quantitative estimate of drug-likeness (QED) is 0.418. The van der Waals surface area contributed by atoms with Crippen molar-refractivity contribution in [1.29, 1.82) is 0 Å². The summed E-state index contributed by atoms with van der Waals surface area (Å²) in [5.41, 5.74) is 0. The summed E-state index contributed by atoms with van der Waals surface area (Å²) in [6.45, 7) is 8.20. The van der Waals surface area contributed by atoms with Crippen LogP contribution in [-0.2, 0) is 0 Å². The van der Waals surface area contributed by atoms with Gasteiger partial charge in [0, 0.05) is 5.92 Å². The molecule has 0 N–H and O–H groups in total. The lowest BCUT2D eigenvalue weighted by molar-refractivity contribution is 0.531. The highest BCUT2D eigenvalue weighted by molar-refractivity contribution is 4.89. The molecule has 0 heterocycles. The van der Waals surface area contributed by atoms with Crippen LogP contribution in [0.5, 0.6) is 0 Å². The molecule has 63 valence electrons. The van der Waals surface area contributed by atoms with Crippen LogP contribution in [0, 0.1) is 31.1 Å². The Kier molecular flexibility index (Phi) is 6.03. The van der Waals surface area contributed by atoms with Crippen LogP contribution in [0.2, 0.25) is 0 Å². The summed E-state index contributed by atoms with van der Waals surface area (Å²) in [6, 6.07) is 0. The molecule has 2 unspecified atom stereocenters. The first-order chi connectivity index (χ1) is 5.16. The molecule has 0 bridgehead atoms. The molecular formula is C11H19. The van der Waals surface area contributed by atoms with Crippen LogP contribution in [0.1, 0.15) is 39.5 Å². The van der Waals surface area contributed by atoms with Gasteiger partial charge in [-0.05, 0) is 12.3 Å². The van der Waals surface area contributed by atoms with Gasteiger partial charge >= 0.3 is 0 Å². The van der Waals surface area contributed by atoms with E-state index in [2.05, 4.69) is 26.7 Å². The van der Waals surface area contributed by atoms with Crippen molar-refractivity contribution in [2.45, 2.75) is 39.5 Å². The minimum absolute atomic E-state index is 0.454. The molecule has 0 aromatic heterocycles. The number of hydrogen-bond acceptors (Lipinski definition) is 0. The van der Waals surface area contributed by atoms with E-state index in [0.29, 0.717) is 11.8 Å². The van der Waals surface area contributed by atoms with Gasteiger partial charge in [-0.1, -0.05) is 40.0 Å². The maximum absolute atomic E-state index is 5.25. The lowest BCUT2D eigenvalue weighted by Crippen LogP contribution is -1.92. The third kappa shape index (κ3) is 7.46. The van der Waals surface area contributed by atoms with Crippen molar-refractivity contribution in [1.82, 2.24) is 0 Å². The van der Waals surface area contributed by atoms with E-state index in [1.54, 1.807) is 0 Å². The highest BCUT2D eigenvalue weighted by Gasteiger charge is 1.97. The molecule has 0 saturated heterocycles. The van der Waals surface area contributed by atoms with Crippen molar-refractivity contribution in [2.24, 2.45) is 11.8 Å². The number of rotatable bonds is 5. The summed E-state index contributed by atoms with van der Waals surface area (Å²) in [5.74, 6) is 3.78. The van der Waals surface area contributed by atoms with Crippen molar-refractivity contribution in [3.63, 3.8) is 0 Å². The zero-order valence-corrected chi connectivity index (χ0v) is 7.77. The fourth-order valence-corrected chi connectivity index (χ4v) is 1.03. The van der Waals surface area contributed by atoms with Gasteiger partial charge in [0.25, 0.3) is 0 Å². The molecule has 0 saturated carbocycles. The minimum Gasteiger partial charge on any atom is -0.120 e. The summed E-state index contributed by atoms with van der Waals surface area (Å²) in [6.07, 6.45) is 10.2. The van der Waals surface area contributed by atoms with Gasteiger partial charge in [-0.2, -0.15) is 0 Å². The topological polar surface area (TPSA) is 0 Å². The maximum atomic E-state index is 5.25. The molecule has 0 aromatic rings. The number of hydrogen-bond donors (Lipinski definition) is 0. The lowest BCUT2D eigenvalue weighted by Gasteiger charge is -2.05. The zero-order valence-electron chi connectivity index (χ0n) is 7.77. The van der Waals surface area contributed by atoms with Crippen molar-refractivity contribution < 1.29 is 0 Å². The Morgan fingerprint density at radius 1 is 1.27 bits per heavy atom. The molecule has 0 nitrogen and oxygen atoms in total. The first kappa shape index (κ1) is 10.6. The Hall–Kier alpha value is -0.440. The summed E-state index contributed by atoms with van der Waals surface area (Å²) in [4.78, 5) is 0. The van der Waals surface area contributed by atoms with Gasteiger partial charge in [-0.15, -0.1) is 12.3 Å². The van der Waals surface area contributed by atoms with Crippen LogP contribution in [0.4, 0.5) is 0 Å². The molecule has 0 aliphatic rings. The molecule has 0 aromatic carbocycles. The summed E-state index contributed by atoms with van der Waals surface area (Å²) in [5, 5.41) is 0. The van der Waals surface area contributed by atoms with Crippen molar-refractivity contribution in [3.05, 3.63) is 6.92 Å². The number of terminal acetylenes is 1. The Bertz CT molecular complexity index is 116. The van der Waals surface area contributed by atoms with E-state index in [-0.39, 0.29) is 0 Å². The molecule has 11 heavy (non-hydrogen) atoms. The van der Waals surface area contributed by atoms with E-state index in [0.717, 1.165) is 0 Å². The molecule has 0 spiro atoms. The van der Waals surface area contributed by atoms with Gasteiger partial charge in [-0.3, -0.25) is 0 Å². The summed E-state index contributed by atoms with van der Waals surface area (Å²) in [7, 11) is 0. The molecule has 0 fully saturated rings. The van der Waals surface area contributed by atoms with Crippen molar-refractivity contribution in [3.8, 4) is 12.3 Å². The Labute approximate surface area is 71.4 Å². The van der Waals surface area contributed by atoms with Crippen LogP contribution >= 0.6 is 0 Å². The van der Waals surface area contributed by atoms with Gasteiger partial charge < -0.3 is 0 Å². The maximum Gasteiger partial charge on any atom is 0.0171 e. The summed E-state index contributed by atoms with van der Waals surface area (Å²) >= 11 is 0. The van der Waals surface area contributed by atoms with Crippen LogP contribution in [0.3, 0.4) is 0 Å². The van der Waals surface area contributed by atoms with Gasteiger partial charge in [0.15, 0.2) is 0 Å². The summed E-state index contributed by atoms with van der Waals surface area (Å²) < 4.78 is 0. The van der Waals surface area contributed by atoms with Gasteiger partial charge in [0.05, 0.1) is 0 Å². The second kappa shape index (κ2) is 6.28. The van der Waals surface area contributed by atoms with Crippen molar-refractivity contribution >= 4 is 0 Å². The number of unbranched alkanes of at least 4 members (excludes halogenated alkanes) is 1. The average molecular weight is 151 g/mol. The van der Waals surface area contributed by atoms with E-state index in [1.807, 2.05) is 0 Å². The molecule has 0 amide bonds. The monoisotopic (exact) mass is 151 g/mol. The Morgan fingerprint density at radius 2 is 1.82 bits per heavy atom. The predicted octanol–water partition coefficient (Wildman–Crippen LogP) is 3.29. The second-order valence-corrected chi connectivity index (χ2v) is 3.46. The van der Waals surface area contributed by atoms with E-state index in [4.69, 9.17) is 6.42 Å². The van der Waals surface area contributed by atoms with Crippen molar-refractivity contribution in [2.75, 3.05) is 0 Å². The first-order valence-corrected chi connectivity index (χ1v) is 4.46. The second-order valence-electron chi connectivity index (χ2n) is 3.46. The lowest BCUT2D eigenvalue weighted by atomic mass is 10.0. The third-order valence-corrected chi connectivity index (χ3v) is 1.87. The largest absolute Gasteiger partial charge is 0.120 e. The smallest absolute Gasteiger partial charge is 0.0171 e. The minimum atomic E-state index is 0.454. The van der Waals surface area contributed by atoms with Crippen LogP contribution in [-0.4, -0.2) is 0 Å². The van der Waals surface area contributed by atoms with E-state index in [9.17, 15) is 0 Å². The molecule has 0 rings (SSSR count). The highest BCUT2D eigenvalue weighted by atomic mass is 14.0. The standard InChI is InChI=1S/C11H19/c1-5-11(4)9-7-6-8-10(2)3/h1,10-11H,2,6-9H2,3-4H3. The van der Waals surface area contributed by atoms with Gasteiger partial charge in [0.2, 0.25) is 0 Å². The van der Waals surface area contributed by atoms with Crippen LogP contribution in [0.25, 0.3) is 0 Å². The van der Waals surface area contributed by atoms with Gasteiger partial charge in [-0.25, -0.2) is 0 Å². The Balaban J connectivity index is 3.10. The average Bonchev–Trinajstić information content (AvgIpc) is 1.97. The zero-order chi connectivity index (χ0) is 8.69. The first-order valence-electron chi connectivity index (χ1n) is 4.46. The SMILES string of the molecule is C#CC(C)CCCCC([CH2])C. The Morgan fingerprint density at radius 3 is 2.27 bits per heavy atom. The molecule has 0 heteroatoms. The normalized spacial score (nSPS) is 13.0. The fraction of sp³-hybridized carbons (Fsp3) is 0.727. The molecular weight excluding hydrogens is 132 g/mol. The molecule has 2 atom stereocenters. The van der Waals surface area contributed by atoms with Crippen LogP contribution in [0.15, 0.2) is 0 Å². The molecule has 1 radical (unpaired) electrons. The van der Waals surface area contributed by atoms with Gasteiger partial charge in [0.1, 0.15) is 0 Å². The van der Waals surface area contributed by atoms with E-state index >= 15 is 0 Å². The fourth-order valence-electron chi connectivity index (χ4n) is 1.03. The van der Waals surface area contributed by atoms with Crippen LogP contribution < -0.4 is 0 Å².